The summed E-state index contributed by atoms with van der Waals surface area (Å²) in [5.41, 5.74) is 1.71. The molecule has 0 amide bonds. The van der Waals surface area contributed by atoms with Crippen LogP contribution in [0.3, 0.4) is 0 Å². The number of aryl methyl sites for hydroxylation is 1. The fourth-order valence-electron chi connectivity index (χ4n) is 3.75. The molecule has 136 valence electrons. The first kappa shape index (κ1) is 17.3. The summed E-state index contributed by atoms with van der Waals surface area (Å²) >= 11 is 1.66. The van der Waals surface area contributed by atoms with Crippen molar-refractivity contribution in [2.24, 2.45) is 0 Å². The Labute approximate surface area is 155 Å². The highest BCUT2D eigenvalue weighted by Crippen LogP contribution is 2.32. The predicted molar refractivity (Wildman–Crippen MR) is 102 cm³/mol. The van der Waals surface area contributed by atoms with E-state index in [0.29, 0.717) is 5.39 Å². The third kappa shape index (κ3) is 3.18. The minimum absolute atomic E-state index is 0.0702. The van der Waals surface area contributed by atoms with Crippen molar-refractivity contribution >= 4 is 22.2 Å². The van der Waals surface area contributed by atoms with Gasteiger partial charge in [-0.25, -0.2) is 9.97 Å². The number of nitrogens with zero attached hydrogens (tertiary/aromatic N) is 4. The molecular weight excluding hydrogens is 348 g/mol. The number of benzene rings is 1. The molecule has 0 radical (unpaired) electrons. The van der Waals surface area contributed by atoms with Gasteiger partial charge >= 0.3 is 0 Å². The molecule has 1 aliphatic rings. The Morgan fingerprint density at radius 2 is 2.15 bits per heavy atom. The molecule has 1 aromatic carbocycles. The van der Waals surface area contributed by atoms with Crippen molar-refractivity contribution in [3.8, 4) is 0 Å². The smallest absolute Gasteiger partial charge is 0.261 e. The molecule has 1 atom stereocenters. The van der Waals surface area contributed by atoms with Gasteiger partial charge in [0.15, 0.2) is 0 Å². The van der Waals surface area contributed by atoms with E-state index in [9.17, 15) is 9.90 Å². The highest BCUT2D eigenvalue weighted by molar-refractivity contribution is 7.09. The van der Waals surface area contributed by atoms with Crippen LogP contribution < -0.4 is 5.56 Å². The van der Waals surface area contributed by atoms with Gasteiger partial charge in [-0.3, -0.25) is 14.3 Å². The molecule has 2 aromatic heterocycles. The number of likely N-dealkylation sites (tertiary alicyclic amines) is 1. The summed E-state index contributed by atoms with van der Waals surface area (Å²) in [6.45, 7) is 3.93. The highest BCUT2D eigenvalue weighted by atomic mass is 32.1. The van der Waals surface area contributed by atoms with Crippen molar-refractivity contribution in [2.45, 2.75) is 38.9 Å². The van der Waals surface area contributed by atoms with Gasteiger partial charge in [-0.15, -0.1) is 11.3 Å². The standard InChI is InChI=1S/C19H22N4O2S/c1-13-20-14(12-26-13)11-22-8-4-7-17(22)18-21-16-6-3-2-5-15(16)19(25)23(18)9-10-24/h2-3,5-6,12,17,24H,4,7-11H2,1H3. The number of aliphatic hydroxyl groups is 1. The van der Waals surface area contributed by atoms with Crippen molar-refractivity contribution in [1.29, 1.82) is 0 Å². The van der Waals surface area contributed by atoms with Gasteiger partial charge < -0.3 is 5.11 Å². The molecule has 0 saturated carbocycles. The minimum Gasteiger partial charge on any atom is -0.395 e. The van der Waals surface area contributed by atoms with Crippen LogP contribution >= 0.6 is 11.3 Å². The Bertz CT molecular complexity index is 981. The molecule has 0 spiro atoms. The molecule has 3 aromatic rings. The molecular formula is C19H22N4O2S. The summed E-state index contributed by atoms with van der Waals surface area (Å²) < 4.78 is 1.65. The lowest BCUT2D eigenvalue weighted by atomic mass is 10.1. The largest absolute Gasteiger partial charge is 0.395 e. The maximum absolute atomic E-state index is 12.9. The lowest BCUT2D eigenvalue weighted by molar-refractivity contribution is 0.221. The lowest BCUT2D eigenvalue weighted by Crippen LogP contribution is -2.33. The number of thiazole rings is 1. The SMILES string of the molecule is Cc1nc(CN2CCCC2c2nc3ccccc3c(=O)n2CCO)cs1. The van der Waals surface area contributed by atoms with E-state index in [1.54, 1.807) is 22.0 Å². The number of hydrogen-bond donors (Lipinski definition) is 1. The maximum atomic E-state index is 12.9. The number of hydrogen-bond acceptors (Lipinski definition) is 6. The van der Waals surface area contributed by atoms with Crippen LogP contribution in [-0.4, -0.2) is 37.7 Å². The fourth-order valence-corrected chi connectivity index (χ4v) is 4.36. The van der Waals surface area contributed by atoms with Crippen molar-refractivity contribution in [3.05, 3.63) is 56.5 Å². The molecule has 26 heavy (non-hydrogen) atoms. The number of aromatic nitrogens is 3. The summed E-state index contributed by atoms with van der Waals surface area (Å²) in [6.07, 6.45) is 2.02. The van der Waals surface area contributed by atoms with Crippen LogP contribution in [0.2, 0.25) is 0 Å². The zero-order valence-corrected chi connectivity index (χ0v) is 15.6. The average Bonchev–Trinajstić information content (AvgIpc) is 3.27. The topological polar surface area (TPSA) is 71.2 Å². The molecule has 1 fully saturated rings. The zero-order valence-electron chi connectivity index (χ0n) is 14.8. The number of fused-ring (bicyclic) bond motifs is 1. The van der Waals surface area contributed by atoms with Gasteiger partial charge in [0.25, 0.3) is 5.56 Å². The first-order chi connectivity index (χ1) is 12.7. The average molecular weight is 370 g/mol. The van der Waals surface area contributed by atoms with Gasteiger partial charge in [0.1, 0.15) is 5.82 Å². The van der Waals surface area contributed by atoms with Gasteiger partial charge in [-0.1, -0.05) is 12.1 Å². The molecule has 0 aliphatic carbocycles. The molecule has 1 unspecified atom stereocenters. The molecule has 1 N–H and O–H groups in total. The normalized spacial score (nSPS) is 18.0. The minimum atomic E-state index is -0.0784. The monoisotopic (exact) mass is 370 g/mol. The van der Waals surface area contributed by atoms with E-state index in [4.69, 9.17) is 4.98 Å². The van der Waals surface area contributed by atoms with E-state index in [2.05, 4.69) is 15.3 Å². The summed E-state index contributed by atoms with van der Waals surface area (Å²) in [7, 11) is 0. The van der Waals surface area contributed by atoms with E-state index >= 15 is 0 Å². The van der Waals surface area contributed by atoms with Gasteiger partial charge in [0, 0.05) is 11.9 Å². The van der Waals surface area contributed by atoms with Crippen molar-refractivity contribution in [1.82, 2.24) is 19.4 Å². The second-order valence-corrected chi connectivity index (χ2v) is 7.72. The fraction of sp³-hybridized carbons (Fsp3) is 0.421. The van der Waals surface area contributed by atoms with Crippen molar-refractivity contribution in [2.75, 3.05) is 13.2 Å². The van der Waals surface area contributed by atoms with Crippen LogP contribution in [-0.2, 0) is 13.1 Å². The van der Waals surface area contributed by atoms with E-state index < -0.39 is 0 Å². The van der Waals surface area contributed by atoms with Crippen LogP contribution in [0.15, 0.2) is 34.4 Å². The molecule has 1 saturated heterocycles. The third-order valence-corrected chi connectivity index (χ3v) is 5.73. The number of rotatable bonds is 5. The van der Waals surface area contributed by atoms with Gasteiger partial charge in [-0.05, 0) is 38.4 Å². The Balaban J connectivity index is 1.76. The molecule has 1 aliphatic heterocycles. The first-order valence-electron chi connectivity index (χ1n) is 8.93. The first-order valence-corrected chi connectivity index (χ1v) is 9.80. The summed E-state index contributed by atoms with van der Waals surface area (Å²) in [4.78, 5) is 24.7. The van der Waals surface area contributed by atoms with Gasteiger partial charge in [0.05, 0.1) is 40.8 Å². The summed E-state index contributed by atoms with van der Waals surface area (Å²) in [6, 6.07) is 7.50. The lowest BCUT2D eigenvalue weighted by Gasteiger charge is -2.25. The zero-order chi connectivity index (χ0) is 18.1. The van der Waals surface area contributed by atoms with Crippen molar-refractivity contribution < 1.29 is 5.11 Å². The van der Waals surface area contributed by atoms with E-state index in [0.717, 1.165) is 48.0 Å². The van der Waals surface area contributed by atoms with Crippen LogP contribution in [0.4, 0.5) is 0 Å². The summed E-state index contributed by atoms with van der Waals surface area (Å²) in [5.74, 6) is 0.757. The van der Waals surface area contributed by atoms with Gasteiger partial charge in [0.2, 0.25) is 0 Å². The van der Waals surface area contributed by atoms with E-state index in [-0.39, 0.29) is 24.8 Å². The van der Waals surface area contributed by atoms with E-state index in [1.165, 1.54) is 0 Å². The molecule has 3 heterocycles. The maximum Gasteiger partial charge on any atom is 0.261 e. The second kappa shape index (κ2) is 7.26. The quantitative estimate of drug-likeness (QED) is 0.747. The predicted octanol–water partition coefficient (Wildman–Crippen LogP) is 2.49. The highest BCUT2D eigenvalue weighted by Gasteiger charge is 2.30. The summed E-state index contributed by atoms with van der Waals surface area (Å²) in [5, 5.41) is 13.2. The number of para-hydroxylation sites is 1. The second-order valence-electron chi connectivity index (χ2n) is 6.65. The van der Waals surface area contributed by atoms with Crippen molar-refractivity contribution in [3.63, 3.8) is 0 Å². The van der Waals surface area contributed by atoms with Crippen LogP contribution in [0.25, 0.3) is 10.9 Å². The molecule has 0 bridgehead atoms. The molecule has 6 nitrogen and oxygen atoms in total. The Kier molecular flexibility index (Phi) is 4.84. The number of aliphatic hydroxyl groups excluding tert-OH is 1. The molecule has 4 rings (SSSR count). The van der Waals surface area contributed by atoms with Crippen LogP contribution in [0.1, 0.15) is 35.4 Å². The van der Waals surface area contributed by atoms with E-state index in [1.807, 2.05) is 25.1 Å². The Morgan fingerprint density at radius 1 is 1.31 bits per heavy atom. The van der Waals surface area contributed by atoms with Crippen LogP contribution in [0.5, 0.6) is 0 Å². The third-order valence-electron chi connectivity index (χ3n) is 4.91. The van der Waals surface area contributed by atoms with Gasteiger partial charge in [-0.2, -0.15) is 0 Å². The Morgan fingerprint density at radius 3 is 2.92 bits per heavy atom. The van der Waals surface area contributed by atoms with Crippen LogP contribution in [0, 0.1) is 6.92 Å². The Hall–Kier alpha value is -2.09. The molecule has 7 heteroatoms.